The van der Waals surface area contributed by atoms with Gasteiger partial charge in [0.1, 0.15) is 0 Å². The maximum absolute atomic E-state index is 10.5. The average molecular weight is 255 g/mol. The highest BCUT2D eigenvalue weighted by Crippen LogP contribution is 2.33. The molecule has 2 nitrogen and oxygen atoms in total. The van der Waals surface area contributed by atoms with Crippen molar-refractivity contribution in [3.8, 4) is 0 Å². The van der Waals surface area contributed by atoms with Crippen LogP contribution in [0.4, 0.5) is 0 Å². The summed E-state index contributed by atoms with van der Waals surface area (Å²) in [5.41, 5.74) is 1.03. The molecule has 1 aliphatic carbocycles. The van der Waals surface area contributed by atoms with Crippen molar-refractivity contribution in [2.24, 2.45) is 5.92 Å². The van der Waals surface area contributed by atoms with Gasteiger partial charge in [0.2, 0.25) is 0 Å². The van der Waals surface area contributed by atoms with Gasteiger partial charge in [-0.2, -0.15) is 0 Å². The molecule has 0 aliphatic heterocycles. The maximum atomic E-state index is 10.5. The second-order valence-corrected chi connectivity index (χ2v) is 5.69. The molecule has 1 N–H and O–H groups in total. The average Bonchev–Trinajstić information content (AvgIpc) is 2.97. The lowest BCUT2D eigenvalue weighted by Gasteiger charge is -2.16. The van der Waals surface area contributed by atoms with E-state index in [1.165, 1.54) is 25.7 Å². The van der Waals surface area contributed by atoms with E-state index in [1.807, 2.05) is 24.4 Å². The molecule has 0 bridgehead atoms. The Balaban J connectivity index is 1.75. The third-order valence-corrected chi connectivity index (χ3v) is 4.40. The number of hydrogen-bond acceptors (Lipinski definition) is 2. The van der Waals surface area contributed by atoms with Crippen molar-refractivity contribution in [1.29, 1.82) is 0 Å². The highest BCUT2D eigenvalue weighted by atomic mass is 16.3. The van der Waals surface area contributed by atoms with E-state index in [4.69, 9.17) is 0 Å². The van der Waals surface area contributed by atoms with Crippen LogP contribution in [-0.4, -0.2) is 10.1 Å². The molecular formula is C17H21NO. The molecule has 1 aromatic carbocycles. The lowest BCUT2D eigenvalue weighted by atomic mass is 9.94. The van der Waals surface area contributed by atoms with Crippen molar-refractivity contribution < 1.29 is 5.11 Å². The van der Waals surface area contributed by atoms with Crippen molar-refractivity contribution in [2.75, 3.05) is 0 Å². The number of fused-ring (bicyclic) bond motifs is 1. The monoisotopic (exact) mass is 255 g/mol. The molecular weight excluding hydrogens is 234 g/mol. The number of pyridine rings is 1. The zero-order valence-electron chi connectivity index (χ0n) is 11.3. The van der Waals surface area contributed by atoms with E-state index in [1.54, 1.807) is 6.20 Å². The second kappa shape index (κ2) is 5.70. The standard InChI is InChI=1S/C17H21NO/c19-17(9-8-13-4-1-2-5-13)15-7-3-6-14-10-11-18-12-16(14)15/h3,6-7,10-13,17,19H,1-2,4-5,8-9H2. The molecule has 0 saturated heterocycles. The van der Waals surface area contributed by atoms with Crippen LogP contribution < -0.4 is 0 Å². The van der Waals surface area contributed by atoms with Gasteiger partial charge >= 0.3 is 0 Å². The normalized spacial score (nSPS) is 17.9. The van der Waals surface area contributed by atoms with Gasteiger partial charge in [-0.1, -0.05) is 43.9 Å². The van der Waals surface area contributed by atoms with Crippen LogP contribution in [-0.2, 0) is 0 Å². The molecule has 1 fully saturated rings. The third kappa shape index (κ3) is 2.79. The first-order chi connectivity index (χ1) is 9.34. The zero-order chi connectivity index (χ0) is 13.1. The van der Waals surface area contributed by atoms with Crippen molar-refractivity contribution in [2.45, 2.75) is 44.6 Å². The molecule has 1 aromatic heterocycles. The lowest BCUT2D eigenvalue weighted by molar-refractivity contribution is 0.158. The van der Waals surface area contributed by atoms with Gasteiger partial charge in [0, 0.05) is 17.8 Å². The van der Waals surface area contributed by atoms with Crippen molar-refractivity contribution in [3.63, 3.8) is 0 Å². The van der Waals surface area contributed by atoms with Gasteiger partial charge < -0.3 is 5.11 Å². The molecule has 1 atom stereocenters. The fourth-order valence-corrected chi connectivity index (χ4v) is 3.28. The predicted molar refractivity (Wildman–Crippen MR) is 77.9 cm³/mol. The summed E-state index contributed by atoms with van der Waals surface area (Å²) >= 11 is 0. The fraction of sp³-hybridized carbons (Fsp3) is 0.471. The minimum atomic E-state index is -0.353. The molecule has 0 radical (unpaired) electrons. The summed E-state index contributed by atoms with van der Waals surface area (Å²) in [4.78, 5) is 4.18. The van der Waals surface area contributed by atoms with E-state index < -0.39 is 0 Å². The van der Waals surface area contributed by atoms with E-state index in [2.05, 4.69) is 11.1 Å². The summed E-state index contributed by atoms with van der Waals surface area (Å²) < 4.78 is 0. The molecule has 0 amide bonds. The Kier molecular flexibility index (Phi) is 3.79. The Morgan fingerprint density at radius 3 is 2.89 bits per heavy atom. The van der Waals surface area contributed by atoms with Crippen LogP contribution in [0.25, 0.3) is 10.8 Å². The molecule has 2 aromatic rings. The van der Waals surface area contributed by atoms with Gasteiger partial charge in [0.15, 0.2) is 0 Å². The van der Waals surface area contributed by atoms with Crippen LogP contribution in [0.2, 0.25) is 0 Å². The lowest BCUT2D eigenvalue weighted by Crippen LogP contribution is -2.02. The van der Waals surface area contributed by atoms with Gasteiger partial charge in [-0.3, -0.25) is 4.98 Å². The van der Waals surface area contributed by atoms with Crippen molar-refractivity contribution in [1.82, 2.24) is 4.98 Å². The van der Waals surface area contributed by atoms with E-state index in [0.717, 1.165) is 35.1 Å². The summed E-state index contributed by atoms with van der Waals surface area (Å²) in [7, 11) is 0. The Bertz CT molecular complexity index is 540. The highest BCUT2D eigenvalue weighted by molar-refractivity contribution is 5.85. The summed E-state index contributed by atoms with van der Waals surface area (Å²) in [6, 6.07) is 8.13. The van der Waals surface area contributed by atoms with Gasteiger partial charge in [0.05, 0.1) is 6.10 Å². The van der Waals surface area contributed by atoms with Crippen LogP contribution in [0.1, 0.15) is 50.2 Å². The zero-order valence-corrected chi connectivity index (χ0v) is 11.3. The largest absolute Gasteiger partial charge is 0.388 e. The van der Waals surface area contributed by atoms with E-state index in [-0.39, 0.29) is 6.10 Å². The fourth-order valence-electron chi connectivity index (χ4n) is 3.28. The second-order valence-electron chi connectivity index (χ2n) is 5.69. The number of aliphatic hydroxyl groups excluding tert-OH is 1. The van der Waals surface area contributed by atoms with E-state index in [0.29, 0.717) is 0 Å². The summed E-state index contributed by atoms with van der Waals surface area (Å²) in [5, 5.41) is 12.7. The SMILES string of the molecule is OC(CCC1CCCC1)c1cccc2ccncc12. The topological polar surface area (TPSA) is 33.1 Å². The van der Waals surface area contributed by atoms with Gasteiger partial charge in [-0.25, -0.2) is 0 Å². The van der Waals surface area contributed by atoms with Crippen molar-refractivity contribution >= 4 is 10.8 Å². The molecule has 0 spiro atoms. The number of hydrogen-bond donors (Lipinski definition) is 1. The summed E-state index contributed by atoms with van der Waals surface area (Å²) in [6.45, 7) is 0. The van der Waals surface area contributed by atoms with Crippen LogP contribution in [0, 0.1) is 5.92 Å². The Hall–Kier alpha value is -1.41. The first kappa shape index (κ1) is 12.6. The molecule has 100 valence electrons. The first-order valence-electron chi connectivity index (χ1n) is 7.35. The number of rotatable bonds is 4. The quantitative estimate of drug-likeness (QED) is 0.886. The minimum absolute atomic E-state index is 0.353. The smallest absolute Gasteiger partial charge is 0.0796 e. The number of aromatic nitrogens is 1. The molecule has 1 unspecified atom stereocenters. The minimum Gasteiger partial charge on any atom is -0.388 e. The third-order valence-electron chi connectivity index (χ3n) is 4.40. The van der Waals surface area contributed by atoms with E-state index >= 15 is 0 Å². The molecule has 1 heterocycles. The molecule has 19 heavy (non-hydrogen) atoms. The summed E-state index contributed by atoms with van der Waals surface area (Å²) in [6.07, 6.45) is 10.8. The Morgan fingerprint density at radius 2 is 2.05 bits per heavy atom. The number of aliphatic hydroxyl groups is 1. The van der Waals surface area contributed by atoms with Crippen LogP contribution >= 0.6 is 0 Å². The van der Waals surface area contributed by atoms with Crippen molar-refractivity contribution in [3.05, 3.63) is 42.2 Å². The highest BCUT2D eigenvalue weighted by Gasteiger charge is 2.18. The first-order valence-corrected chi connectivity index (χ1v) is 7.35. The van der Waals surface area contributed by atoms with Gasteiger partial charge in [-0.15, -0.1) is 0 Å². The van der Waals surface area contributed by atoms with Gasteiger partial charge in [-0.05, 0) is 35.8 Å². The predicted octanol–water partition coefficient (Wildman–Crippen LogP) is 4.24. The van der Waals surface area contributed by atoms with Crippen LogP contribution in [0.15, 0.2) is 36.7 Å². The van der Waals surface area contributed by atoms with E-state index in [9.17, 15) is 5.11 Å². The summed E-state index contributed by atoms with van der Waals surface area (Å²) in [5.74, 6) is 0.836. The Labute approximate surface area is 114 Å². The number of benzene rings is 1. The molecule has 1 aliphatic rings. The maximum Gasteiger partial charge on any atom is 0.0796 e. The van der Waals surface area contributed by atoms with Crippen LogP contribution in [0.3, 0.4) is 0 Å². The molecule has 3 rings (SSSR count). The van der Waals surface area contributed by atoms with Crippen LogP contribution in [0.5, 0.6) is 0 Å². The van der Waals surface area contributed by atoms with Gasteiger partial charge in [0.25, 0.3) is 0 Å². The Morgan fingerprint density at radius 1 is 1.21 bits per heavy atom. The number of nitrogens with zero attached hydrogens (tertiary/aromatic N) is 1. The molecule has 2 heteroatoms. The molecule has 1 saturated carbocycles.